The number of alkyl halides is 3. The van der Waals surface area contributed by atoms with E-state index in [9.17, 15) is 18.3 Å². The molecular formula is C14H12F3NO. The molecule has 0 saturated carbocycles. The molecule has 5 heteroatoms. The van der Waals surface area contributed by atoms with E-state index in [4.69, 9.17) is 5.73 Å². The minimum atomic E-state index is -4.40. The molecule has 0 amide bonds. The topological polar surface area (TPSA) is 46.2 Å². The number of rotatable bonds is 2. The number of benzene rings is 2. The molecular weight excluding hydrogens is 255 g/mol. The van der Waals surface area contributed by atoms with Crippen LogP contribution in [0.3, 0.4) is 0 Å². The first-order valence-corrected chi connectivity index (χ1v) is 5.60. The summed E-state index contributed by atoms with van der Waals surface area (Å²) in [5, 5.41) is 9.63. The van der Waals surface area contributed by atoms with Crippen LogP contribution in [0.1, 0.15) is 16.7 Å². The molecule has 0 aromatic heterocycles. The SMILES string of the molecule is Nc1cc(C(F)(F)F)ccc1Cc1ccccc1O. The Balaban J connectivity index is 2.30. The van der Waals surface area contributed by atoms with E-state index in [1.165, 1.54) is 12.1 Å². The molecule has 0 fully saturated rings. The van der Waals surface area contributed by atoms with E-state index in [1.54, 1.807) is 18.2 Å². The molecule has 0 atom stereocenters. The van der Waals surface area contributed by atoms with Crippen molar-refractivity contribution in [2.45, 2.75) is 12.6 Å². The van der Waals surface area contributed by atoms with Crippen molar-refractivity contribution in [3.8, 4) is 5.75 Å². The number of nitrogens with two attached hydrogens (primary N) is 1. The van der Waals surface area contributed by atoms with Crippen molar-refractivity contribution in [2.75, 3.05) is 5.73 Å². The average molecular weight is 267 g/mol. The van der Waals surface area contributed by atoms with Gasteiger partial charge in [0.1, 0.15) is 5.75 Å². The van der Waals surface area contributed by atoms with Gasteiger partial charge in [-0.15, -0.1) is 0 Å². The van der Waals surface area contributed by atoms with E-state index in [0.717, 1.165) is 12.1 Å². The maximum absolute atomic E-state index is 12.5. The predicted octanol–water partition coefficient (Wildman–Crippen LogP) is 3.58. The number of phenolic OH excluding ortho intramolecular Hbond substituents is 1. The van der Waals surface area contributed by atoms with Crippen molar-refractivity contribution >= 4 is 5.69 Å². The fraction of sp³-hybridized carbons (Fsp3) is 0.143. The second kappa shape index (κ2) is 4.84. The van der Waals surface area contributed by atoms with Gasteiger partial charge in [-0.05, 0) is 29.3 Å². The highest BCUT2D eigenvalue weighted by molar-refractivity contribution is 5.52. The molecule has 100 valence electrons. The Labute approximate surface area is 108 Å². The molecule has 0 radical (unpaired) electrons. The molecule has 0 heterocycles. The van der Waals surface area contributed by atoms with Crippen LogP contribution in [0.4, 0.5) is 18.9 Å². The Bertz CT molecular complexity index is 593. The van der Waals surface area contributed by atoms with Crippen molar-refractivity contribution in [2.24, 2.45) is 0 Å². The summed E-state index contributed by atoms with van der Waals surface area (Å²) in [4.78, 5) is 0. The van der Waals surface area contributed by atoms with Gasteiger partial charge in [-0.25, -0.2) is 0 Å². The van der Waals surface area contributed by atoms with Crippen molar-refractivity contribution in [3.63, 3.8) is 0 Å². The largest absolute Gasteiger partial charge is 0.508 e. The third kappa shape index (κ3) is 2.99. The lowest BCUT2D eigenvalue weighted by atomic mass is 10.0. The van der Waals surface area contributed by atoms with Crippen LogP contribution in [-0.2, 0) is 12.6 Å². The number of halogens is 3. The molecule has 0 aliphatic carbocycles. The minimum Gasteiger partial charge on any atom is -0.508 e. The van der Waals surface area contributed by atoms with Gasteiger partial charge < -0.3 is 10.8 Å². The van der Waals surface area contributed by atoms with Crippen LogP contribution >= 0.6 is 0 Å². The lowest BCUT2D eigenvalue weighted by Crippen LogP contribution is -2.07. The summed E-state index contributed by atoms with van der Waals surface area (Å²) in [7, 11) is 0. The molecule has 0 aliphatic rings. The van der Waals surface area contributed by atoms with Gasteiger partial charge in [-0.1, -0.05) is 24.3 Å². The van der Waals surface area contributed by atoms with Crippen LogP contribution in [0.15, 0.2) is 42.5 Å². The van der Waals surface area contributed by atoms with Gasteiger partial charge in [0.15, 0.2) is 0 Å². The third-order valence-electron chi connectivity index (χ3n) is 2.85. The molecule has 2 aromatic carbocycles. The van der Waals surface area contributed by atoms with E-state index in [1.807, 2.05) is 0 Å². The summed E-state index contributed by atoms with van der Waals surface area (Å²) in [6, 6.07) is 9.89. The molecule has 2 rings (SSSR count). The molecule has 0 spiro atoms. The zero-order valence-corrected chi connectivity index (χ0v) is 9.91. The Morgan fingerprint density at radius 3 is 2.26 bits per heavy atom. The molecule has 0 saturated heterocycles. The average Bonchev–Trinajstić information content (AvgIpc) is 2.33. The van der Waals surface area contributed by atoms with Gasteiger partial charge in [0.05, 0.1) is 5.56 Å². The first kappa shape index (κ1) is 13.3. The third-order valence-corrected chi connectivity index (χ3v) is 2.85. The molecule has 19 heavy (non-hydrogen) atoms. The highest BCUT2D eigenvalue weighted by Crippen LogP contribution is 2.32. The number of aromatic hydroxyl groups is 1. The van der Waals surface area contributed by atoms with Crippen molar-refractivity contribution in [3.05, 3.63) is 59.2 Å². The number of anilines is 1. The zero-order chi connectivity index (χ0) is 14.0. The van der Waals surface area contributed by atoms with E-state index >= 15 is 0 Å². The van der Waals surface area contributed by atoms with Crippen LogP contribution in [0, 0.1) is 0 Å². The highest BCUT2D eigenvalue weighted by Gasteiger charge is 2.30. The first-order chi connectivity index (χ1) is 8.88. The van der Waals surface area contributed by atoms with Gasteiger partial charge in [-0.2, -0.15) is 13.2 Å². The summed E-state index contributed by atoms with van der Waals surface area (Å²) in [6.07, 6.45) is -4.11. The summed E-state index contributed by atoms with van der Waals surface area (Å²) >= 11 is 0. The summed E-state index contributed by atoms with van der Waals surface area (Å²) in [5.41, 5.74) is 6.10. The number of nitrogen functional groups attached to an aromatic ring is 1. The second-order valence-electron chi connectivity index (χ2n) is 4.22. The number of phenols is 1. The predicted molar refractivity (Wildman–Crippen MR) is 66.8 cm³/mol. The molecule has 0 bridgehead atoms. The molecule has 2 aromatic rings. The highest BCUT2D eigenvalue weighted by atomic mass is 19.4. The Morgan fingerprint density at radius 2 is 1.68 bits per heavy atom. The van der Waals surface area contributed by atoms with Crippen LogP contribution < -0.4 is 5.73 Å². The van der Waals surface area contributed by atoms with Gasteiger partial charge in [0.2, 0.25) is 0 Å². The molecule has 3 N–H and O–H groups in total. The molecule has 2 nitrogen and oxygen atoms in total. The Hall–Kier alpha value is -2.17. The van der Waals surface area contributed by atoms with Crippen LogP contribution in [0.5, 0.6) is 5.75 Å². The number of hydrogen-bond acceptors (Lipinski definition) is 2. The fourth-order valence-corrected chi connectivity index (χ4v) is 1.80. The van der Waals surface area contributed by atoms with Gasteiger partial charge >= 0.3 is 6.18 Å². The van der Waals surface area contributed by atoms with E-state index in [0.29, 0.717) is 11.1 Å². The first-order valence-electron chi connectivity index (χ1n) is 5.60. The van der Waals surface area contributed by atoms with Crippen molar-refractivity contribution < 1.29 is 18.3 Å². The Morgan fingerprint density at radius 1 is 1.00 bits per heavy atom. The summed E-state index contributed by atoms with van der Waals surface area (Å²) < 4.78 is 37.5. The summed E-state index contributed by atoms with van der Waals surface area (Å²) in [6.45, 7) is 0. The monoisotopic (exact) mass is 267 g/mol. The van der Waals surface area contributed by atoms with Gasteiger partial charge in [0.25, 0.3) is 0 Å². The lowest BCUT2D eigenvalue weighted by molar-refractivity contribution is -0.137. The molecule has 0 aliphatic heterocycles. The van der Waals surface area contributed by atoms with Crippen molar-refractivity contribution in [1.82, 2.24) is 0 Å². The fourth-order valence-electron chi connectivity index (χ4n) is 1.80. The summed E-state index contributed by atoms with van der Waals surface area (Å²) in [5.74, 6) is 0.0989. The van der Waals surface area contributed by atoms with E-state index in [-0.39, 0.29) is 17.9 Å². The van der Waals surface area contributed by atoms with Crippen LogP contribution in [0.2, 0.25) is 0 Å². The number of para-hydroxylation sites is 1. The van der Waals surface area contributed by atoms with E-state index < -0.39 is 11.7 Å². The zero-order valence-electron chi connectivity index (χ0n) is 9.91. The maximum atomic E-state index is 12.5. The minimum absolute atomic E-state index is 0.0677. The van der Waals surface area contributed by atoms with Crippen molar-refractivity contribution in [1.29, 1.82) is 0 Å². The maximum Gasteiger partial charge on any atom is 0.416 e. The normalized spacial score (nSPS) is 11.5. The lowest BCUT2D eigenvalue weighted by Gasteiger charge is -2.11. The van der Waals surface area contributed by atoms with Gasteiger partial charge in [0, 0.05) is 12.1 Å². The smallest absolute Gasteiger partial charge is 0.416 e. The van der Waals surface area contributed by atoms with Crippen LogP contribution in [-0.4, -0.2) is 5.11 Å². The van der Waals surface area contributed by atoms with Gasteiger partial charge in [-0.3, -0.25) is 0 Å². The number of hydrogen-bond donors (Lipinski definition) is 2. The second-order valence-corrected chi connectivity index (χ2v) is 4.22. The van der Waals surface area contributed by atoms with E-state index in [2.05, 4.69) is 0 Å². The standard InChI is InChI=1S/C14H12F3NO/c15-14(16,17)11-6-5-9(12(18)8-11)7-10-3-1-2-4-13(10)19/h1-6,8,19H,7,18H2. The molecule has 0 unspecified atom stereocenters. The quantitative estimate of drug-likeness (QED) is 0.817. The van der Waals surface area contributed by atoms with Crippen LogP contribution in [0.25, 0.3) is 0 Å². The Kier molecular flexibility index (Phi) is 3.38.